The van der Waals surface area contributed by atoms with Crippen molar-refractivity contribution in [1.82, 2.24) is 9.47 Å². The standard InChI is InChI=1S/C28H33F2N3O.C5H12/c1-18-5-7-22(8-6-18)25-23(16-20(3)34)21(4)26-27-24(25)15-19(2)33(27)14-13-32(26)12-11-31-10-9-28(29,30)17-31;1-5(2,3)4/h5-8,15,34H,3,9-14,16-17H2,1-2,4H3;1-4H3. The van der Waals surface area contributed by atoms with E-state index in [0.717, 1.165) is 41.0 Å². The van der Waals surface area contributed by atoms with Crippen molar-refractivity contribution in [3.63, 3.8) is 0 Å². The zero-order valence-corrected chi connectivity index (χ0v) is 24.8. The van der Waals surface area contributed by atoms with Crippen molar-refractivity contribution in [3.8, 4) is 11.1 Å². The SMILES string of the molecule is C=C(O)Cc1c(C)c2c3c(cc(C)n3CCN2CCN2CCC(F)(F)C2)c1-c1ccc(C)cc1.CC(C)(C)C. The summed E-state index contributed by atoms with van der Waals surface area (Å²) >= 11 is 0. The summed E-state index contributed by atoms with van der Waals surface area (Å²) < 4.78 is 29.8. The van der Waals surface area contributed by atoms with E-state index in [1.807, 2.05) is 4.90 Å². The summed E-state index contributed by atoms with van der Waals surface area (Å²) in [7, 11) is 0. The van der Waals surface area contributed by atoms with Crippen molar-refractivity contribution in [2.24, 2.45) is 5.41 Å². The molecule has 39 heavy (non-hydrogen) atoms. The number of aromatic nitrogens is 1. The Kier molecular flexibility index (Phi) is 8.18. The van der Waals surface area contributed by atoms with Gasteiger partial charge in [0.2, 0.25) is 0 Å². The van der Waals surface area contributed by atoms with Gasteiger partial charge in [0.1, 0.15) is 0 Å². The highest BCUT2D eigenvalue weighted by Gasteiger charge is 2.38. The van der Waals surface area contributed by atoms with Crippen molar-refractivity contribution in [1.29, 1.82) is 0 Å². The van der Waals surface area contributed by atoms with Gasteiger partial charge < -0.3 is 14.6 Å². The van der Waals surface area contributed by atoms with Crippen LogP contribution in [0.3, 0.4) is 0 Å². The summed E-state index contributed by atoms with van der Waals surface area (Å²) in [5, 5.41) is 11.4. The van der Waals surface area contributed by atoms with Crippen LogP contribution in [0.15, 0.2) is 42.7 Å². The quantitative estimate of drug-likeness (QED) is 0.323. The third kappa shape index (κ3) is 6.66. The van der Waals surface area contributed by atoms with E-state index in [-0.39, 0.29) is 18.7 Å². The fourth-order valence-electron chi connectivity index (χ4n) is 5.76. The van der Waals surface area contributed by atoms with Crippen LogP contribution in [-0.2, 0) is 13.0 Å². The zero-order chi connectivity index (χ0) is 28.7. The van der Waals surface area contributed by atoms with Gasteiger partial charge in [0.05, 0.1) is 23.5 Å². The molecule has 0 atom stereocenters. The Morgan fingerprint density at radius 2 is 1.64 bits per heavy atom. The van der Waals surface area contributed by atoms with Crippen molar-refractivity contribution in [2.75, 3.05) is 37.6 Å². The van der Waals surface area contributed by atoms with E-state index < -0.39 is 5.92 Å². The second kappa shape index (κ2) is 11.0. The lowest BCUT2D eigenvalue weighted by molar-refractivity contribution is 0.0125. The van der Waals surface area contributed by atoms with Gasteiger partial charge in [-0.2, -0.15) is 0 Å². The molecule has 0 spiro atoms. The molecule has 0 aliphatic carbocycles. The van der Waals surface area contributed by atoms with Crippen LogP contribution >= 0.6 is 0 Å². The molecule has 2 aliphatic rings. The van der Waals surface area contributed by atoms with Gasteiger partial charge >= 0.3 is 0 Å². The van der Waals surface area contributed by atoms with Crippen LogP contribution in [0.5, 0.6) is 0 Å². The number of aliphatic hydroxyl groups is 1. The number of rotatable bonds is 6. The summed E-state index contributed by atoms with van der Waals surface area (Å²) in [4.78, 5) is 4.23. The topological polar surface area (TPSA) is 31.6 Å². The van der Waals surface area contributed by atoms with Crippen molar-refractivity contribution < 1.29 is 13.9 Å². The molecule has 4 nitrogen and oxygen atoms in total. The molecule has 0 amide bonds. The number of hydrogen-bond donors (Lipinski definition) is 1. The summed E-state index contributed by atoms with van der Waals surface area (Å²) in [6.07, 6.45) is 0.334. The molecule has 2 aromatic carbocycles. The maximum atomic E-state index is 13.7. The lowest BCUT2D eigenvalue weighted by Crippen LogP contribution is -2.39. The van der Waals surface area contributed by atoms with Crippen LogP contribution in [-0.4, -0.2) is 53.2 Å². The number of aliphatic hydroxyl groups excluding tert-OH is 1. The molecular weight excluding hydrogens is 492 g/mol. The number of anilines is 1. The molecule has 1 fully saturated rings. The molecule has 1 N–H and O–H groups in total. The Hall–Kier alpha value is -2.86. The first-order valence-electron chi connectivity index (χ1n) is 14.1. The molecule has 3 heterocycles. The van der Waals surface area contributed by atoms with Crippen LogP contribution in [0.2, 0.25) is 0 Å². The van der Waals surface area contributed by atoms with E-state index in [1.165, 1.54) is 22.2 Å². The lowest BCUT2D eigenvalue weighted by atomic mass is 9.88. The number of hydrogen-bond acceptors (Lipinski definition) is 3. The van der Waals surface area contributed by atoms with Crippen molar-refractivity contribution >= 4 is 16.6 Å². The summed E-state index contributed by atoms with van der Waals surface area (Å²) in [5.41, 5.74) is 9.76. The number of alkyl halides is 2. The Bertz CT molecular complexity index is 1340. The van der Waals surface area contributed by atoms with E-state index in [0.29, 0.717) is 31.5 Å². The highest BCUT2D eigenvalue weighted by molar-refractivity contribution is 6.06. The fourth-order valence-corrected chi connectivity index (χ4v) is 5.76. The molecule has 5 rings (SSSR count). The predicted molar refractivity (Wildman–Crippen MR) is 160 cm³/mol. The second-order valence-electron chi connectivity index (χ2n) is 13.0. The summed E-state index contributed by atoms with van der Waals surface area (Å²) in [6.45, 7) is 22.2. The third-order valence-electron chi connectivity index (χ3n) is 7.47. The van der Waals surface area contributed by atoms with E-state index >= 15 is 0 Å². The second-order valence-corrected chi connectivity index (χ2v) is 13.0. The summed E-state index contributed by atoms with van der Waals surface area (Å²) in [5.74, 6) is -2.43. The molecule has 0 unspecified atom stereocenters. The Balaban J connectivity index is 0.000000648. The summed E-state index contributed by atoms with van der Waals surface area (Å²) in [6, 6.07) is 10.8. The molecule has 0 radical (unpaired) electrons. The minimum Gasteiger partial charge on any atom is -0.513 e. The van der Waals surface area contributed by atoms with Crippen LogP contribution in [0.25, 0.3) is 22.0 Å². The molecule has 0 saturated carbocycles. The largest absolute Gasteiger partial charge is 0.513 e. The number of likely N-dealkylation sites (tertiary alicyclic amines) is 1. The van der Waals surface area contributed by atoms with E-state index in [4.69, 9.17) is 0 Å². The number of halogens is 2. The van der Waals surface area contributed by atoms with E-state index in [9.17, 15) is 13.9 Å². The average molecular weight is 538 g/mol. The molecule has 6 heteroatoms. The first-order chi connectivity index (χ1) is 18.1. The van der Waals surface area contributed by atoms with Gasteiger partial charge in [-0.25, -0.2) is 8.78 Å². The number of nitrogens with zero attached hydrogens (tertiary/aromatic N) is 3. The van der Waals surface area contributed by atoms with E-state index in [1.54, 1.807) is 0 Å². The van der Waals surface area contributed by atoms with E-state index in [2.05, 4.69) is 94.8 Å². The Morgan fingerprint density at radius 1 is 1.00 bits per heavy atom. The number of benzene rings is 2. The van der Waals surface area contributed by atoms with Crippen LogP contribution in [0.1, 0.15) is 56.5 Å². The molecule has 1 saturated heterocycles. The van der Waals surface area contributed by atoms with Gasteiger partial charge in [0.25, 0.3) is 5.92 Å². The molecule has 1 aromatic heterocycles. The monoisotopic (exact) mass is 537 g/mol. The van der Waals surface area contributed by atoms with Crippen molar-refractivity contribution in [2.45, 2.75) is 73.8 Å². The van der Waals surface area contributed by atoms with Gasteiger partial charge in [-0.15, -0.1) is 0 Å². The Labute approximate surface area is 232 Å². The van der Waals surface area contributed by atoms with Gasteiger partial charge in [-0.05, 0) is 54.5 Å². The zero-order valence-electron chi connectivity index (χ0n) is 24.8. The average Bonchev–Trinajstić information content (AvgIpc) is 3.34. The van der Waals surface area contributed by atoms with Crippen LogP contribution in [0, 0.1) is 26.2 Å². The molecule has 212 valence electrons. The van der Waals surface area contributed by atoms with Crippen LogP contribution in [0.4, 0.5) is 14.5 Å². The van der Waals surface area contributed by atoms with Gasteiger partial charge in [-0.1, -0.05) is 64.1 Å². The maximum absolute atomic E-state index is 13.7. The normalized spacial score (nSPS) is 16.9. The van der Waals surface area contributed by atoms with Crippen molar-refractivity contribution in [3.05, 3.63) is 65.1 Å². The fraction of sp³-hybridized carbons (Fsp3) is 0.515. The van der Waals surface area contributed by atoms with Gasteiger partial charge in [0, 0.05) is 56.6 Å². The minimum atomic E-state index is -2.57. The number of aryl methyl sites for hydroxylation is 2. The molecule has 3 aromatic rings. The highest BCUT2D eigenvalue weighted by Crippen LogP contribution is 2.45. The molecular formula is C33H45F2N3O. The predicted octanol–water partition coefficient (Wildman–Crippen LogP) is 8.06. The van der Waals surface area contributed by atoms with Crippen LogP contribution < -0.4 is 4.90 Å². The maximum Gasteiger partial charge on any atom is 0.261 e. The minimum absolute atomic E-state index is 0.0493. The molecule has 2 aliphatic heterocycles. The molecule has 0 bridgehead atoms. The smallest absolute Gasteiger partial charge is 0.261 e. The van der Waals surface area contributed by atoms with Gasteiger partial charge in [-0.3, -0.25) is 4.90 Å². The lowest BCUT2D eigenvalue weighted by Gasteiger charge is -2.35. The third-order valence-corrected chi connectivity index (χ3v) is 7.47. The highest BCUT2D eigenvalue weighted by atomic mass is 19.3. The number of allylic oxidation sites excluding steroid dienone is 1. The van der Waals surface area contributed by atoms with Gasteiger partial charge in [0.15, 0.2) is 0 Å². The first kappa shape index (κ1) is 29.1. The Morgan fingerprint density at radius 3 is 2.21 bits per heavy atom. The first-order valence-corrected chi connectivity index (χ1v) is 14.1.